The molecule has 0 bridgehead atoms. The summed E-state index contributed by atoms with van der Waals surface area (Å²) >= 11 is 0. The van der Waals surface area contributed by atoms with Gasteiger partial charge >= 0.3 is 7.82 Å². The van der Waals surface area contributed by atoms with Crippen LogP contribution in [-0.2, 0) is 20.6 Å². The van der Waals surface area contributed by atoms with E-state index >= 15 is 0 Å². The highest BCUT2D eigenvalue weighted by molar-refractivity contribution is 7.46. The summed E-state index contributed by atoms with van der Waals surface area (Å²) in [5.41, 5.74) is 0.892. The number of hydrogen-bond donors (Lipinski definition) is 3. The van der Waals surface area contributed by atoms with Gasteiger partial charge in [0.1, 0.15) is 5.52 Å². The topological polar surface area (TPSA) is 136 Å². The van der Waals surface area contributed by atoms with Crippen LogP contribution in [0.1, 0.15) is 16.8 Å². The minimum absolute atomic E-state index is 0.188. The number of aryl methyl sites for hydroxylation is 2. The van der Waals surface area contributed by atoms with Crippen LogP contribution in [0.15, 0.2) is 30.2 Å². The fraction of sp³-hybridized carbons (Fsp3) is 0.211. The van der Waals surface area contributed by atoms with Gasteiger partial charge in [-0.15, -0.1) is 0 Å². The van der Waals surface area contributed by atoms with Gasteiger partial charge in [0.2, 0.25) is 5.88 Å². The molecular weight excluding hydrogens is 449 g/mol. The number of fused-ring (bicyclic) bond motifs is 1. The van der Waals surface area contributed by atoms with E-state index in [1.54, 1.807) is 19.9 Å². The molecule has 3 rings (SSSR count). The minimum atomic E-state index is -4.74. The Hall–Kier alpha value is -3.18. The van der Waals surface area contributed by atoms with Crippen LogP contribution < -0.4 is 10.1 Å². The number of carbonyl (C=O) groups is 1. The summed E-state index contributed by atoms with van der Waals surface area (Å²) in [5.74, 6) is -2.92. The third-order valence-corrected chi connectivity index (χ3v) is 4.82. The molecule has 0 atom stereocenters. The maximum atomic E-state index is 14.8. The number of methoxy groups -OCH3 is 1. The van der Waals surface area contributed by atoms with Crippen molar-refractivity contribution in [3.05, 3.63) is 52.9 Å². The second kappa shape index (κ2) is 9.13. The zero-order chi connectivity index (χ0) is 23.6. The number of anilines is 1. The van der Waals surface area contributed by atoms with E-state index in [0.29, 0.717) is 22.8 Å². The van der Waals surface area contributed by atoms with Gasteiger partial charge in [0.25, 0.3) is 5.91 Å². The van der Waals surface area contributed by atoms with Crippen molar-refractivity contribution in [3.8, 4) is 5.88 Å². The number of aromatic nitrogens is 3. The summed E-state index contributed by atoms with van der Waals surface area (Å²) in [4.78, 5) is 33.9. The van der Waals surface area contributed by atoms with Gasteiger partial charge in [-0.05, 0) is 25.5 Å². The predicted octanol–water partition coefficient (Wildman–Crippen LogP) is 3.21. The number of carbonyl (C=O) groups excluding carboxylic acids is 1. The maximum absolute atomic E-state index is 14.8. The SMILES string of the molecule is COc1cc(C)c(NC(=O)/C(F)=C/c2ccc3cn(COP(=O)(O)O)nc3c2F)c(C)n1. The Bertz CT molecular complexity index is 1250. The standard InChI is InChI=1S/C19H19F2N4O6P/c1-10-6-15(30-3)22-11(2)17(10)23-19(26)14(20)7-12-4-5-13-8-25(9-31-32(27,28)29)24-18(13)16(12)21/h4-8H,9H2,1-3H3,(H,23,26)(H2,27,28,29)/b14-7-. The number of nitrogens with zero attached hydrogens (tertiary/aromatic N) is 3. The molecule has 0 saturated carbocycles. The predicted molar refractivity (Wildman–Crippen MR) is 111 cm³/mol. The van der Waals surface area contributed by atoms with E-state index in [1.165, 1.54) is 25.4 Å². The number of halogens is 2. The molecule has 0 fully saturated rings. The summed E-state index contributed by atoms with van der Waals surface area (Å²) in [7, 11) is -3.29. The number of benzene rings is 1. The average Bonchev–Trinajstić information content (AvgIpc) is 3.14. The van der Waals surface area contributed by atoms with E-state index in [9.17, 15) is 18.1 Å². The average molecular weight is 468 g/mol. The highest BCUT2D eigenvalue weighted by Crippen LogP contribution is 2.36. The van der Waals surface area contributed by atoms with Gasteiger partial charge in [-0.1, -0.05) is 12.1 Å². The molecule has 0 aliphatic carbocycles. The molecule has 13 heteroatoms. The van der Waals surface area contributed by atoms with Crippen molar-refractivity contribution in [2.24, 2.45) is 0 Å². The van der Waals surface area contributed by atoms with Gasteiger partial charge in [-0.25, -0.2) is 23.0 Å². The van der Waals surface area contributed by atoms with Crippen LogP contribution in [0.2, 0.25) is 0 Å². The van der Waals surface area contributed by atoms with Gasteiger partial charge in [0.15, 0.2) is 18.4 Å². The molecule has 3 N–H and O–H groups in total. The van der Waals surface area contributed by atoms with Crippen LogP contribution in [0.25, 0.3) is 17.0 Å². The Morgan fingerprint density at radius 1 is 1.34 bits per heavy atom. The summed E-state index contributed by atoms with van der Waals surface area (Å²) in [6, 6.07) is 4.23. The second-order valence-corrected chi connectivity index (χ2v) is 7.95. The van der Waals surface area contributed by atoms with Crippen molar-refractivity contribution < 1.29 is 37.2 Å². The molecule has 0 aliphatic rings. The molecule has 0 spiro atoms. The Balaban J connectivity index is 1.84. The largest absolute Gasteiger partial charge is 0.481 e. The maximum Gasteiger partial charge on any atom is 0.471 e. The molecule has 1 amide bonds. The number of phosphoric acid groups is 1. The molecule has 0 aliphatic heterocycles. The highest BCUT2D eigenvalue weighted by atomic mass is 31.2. The molecule has 32 heavy (non-hydrogen) atoms. The summed E-state index contributed by atoms with van der Waals surface area (Å²) < 4.78 is 50.4. The number of amides is 1. The molecule has 170 valence electrons. The zero-order valence-corrected chi connectivity index (χ0v) is 18.1. The van der Waals surface area contributed by atoms with Crippen LogP contribution in [-0.4, -0.2) is 37.6 Å². The van der Waals surface area contributed by atoms with Crippen LogP contribution in [0.4, 0.5) is 14.5 Å². The molecule has 10 nitrogen and oxygen atoms in total. The van der Waals surface area contributed by atoms with Crippen molar-refractivity contribution in [1.29, 1.82) is 0 Å². The normalized spacial score (nSPS) is 12.3. The molecule has 0 unspecified atom stereocenters. The first-order valence-electron chi connectivity index (χ1n) is 9.05. The summed E-state index contributed by atoms with van der Waals surface area (Å²) in [6.45, 7) is 2.69. The number of phosphoric ester groups is 1. The van der Waals surface area contributed by atoms with E-state index in [0.717, 1.165) is 10.8 Å². The second-order valence-electron chi connectivity index (χ2n) is 6.71. The number of rotatable bonds is 7. The van der Waals surface area contributed by atoms with Gasteiger partial charge in [0.05, 0.1) is 18.5 Å². The summed E-state index contributed by atoms with van der Waals surface area (Å²) in [6.07, 6.45) is 2.02. The molecular formula is C19H19F2N4O6P. The van der Waals surface area contributed by atoms with E-state index in [-0.39, 0.29) is 16.5 Å². The molecule has 2 heterocycles. The Labute approximate surface area is 180 Å². The lowest BCUT2D eigenvalue weighted by atomic mass is 10.1. The van der Waals surface area contributed by atoms with Crippen LogP contribution in [0.3, 0.4) is 0 Å². The van der Waals surface area contributed by atoms with Crippen LogP contribution in [0.5, 0.6) is 5.88 Å². The van der Waals surface area contributed by atoms with Gasteiger partial charge in [-0.3, -0.25) is 9.32 Å². The lowest BCUT2D eigenvalue weighted by Crippen LogP contribution is -2.14. The lowest BCUT2D eigenvalue weighted by molar-refractivity contribution is -0.114. The van der Waals surface area contributed by atoms with Gasteiger partial charge in [0, 0.05) is 23.2 Å². The van der Waals surface area contributed by atoms with Gasteiger partial charge in [-0.2, -0.15) is 5.10 Å². The van der Waals surface area contributed by atoms with E-state index in [2.05, 4.69) is 19.9 Å². The van der Waals surface area contributed by atoms with Crippen molar-refractivity contribution in [2.75, 3.05) is 12.4 Å². The zero-order valence-electron chi connectivity index (χ0n) is 17.2. The van der Waals surface area contributed by atoms with Crippen molar-refractivity contribution in [2.45, 2.75) is 20.6 Å². The quantitative estimate of drug-likeness (QED) is 0.355. The molecule has 0 saturated heterocycles. The van der Waals surface area contributed by atoms with Crippen LogP contribution >= 0.6 is 7.82 Å². The number of nitrogens with one attached hydrogen (secondary N) is 1. The monoisotopic (exact) mass is 468 g/mol. The highest BCUT2D eigenvalue weighted by Gasteiger charge is 2.18. The first-order chi connectivity index (χ1) is 15.0. The van der Waals surface area contributed by atoms with Crippen molar-refractivity contribution in [1.82, 2.24) is 14.8 Å². The summed E-state index contributed by atoms with van der Waals surface area (Å²) in [5, 5.41) is 6.53. The lowest BCUT2D eigenvalue weighted by Gasteiger charge is -2.12. The fourth-order valence-electron chi connectivity index (χ4n) is 2.90. The van der Waals surface area contributed by atoms with Crippen molar-refractivity contribution >= 4 is 36.4 Å². The third kappa shape index (κ3) is 5.35. The number of ether oxygens (including phenoxy) is 1. The van der Waals surface area contributed by atoms with Gasteiger partial charge < -0.3 is 19.8 Å². The fourth-order valence-corrected chi connectivity index (χ4v) is 3.16. The molecule has 0 radical (unpaired) electrons. The number of hydrogen-bond acceptors (Lipinski definition) is 6. The van der Waals surface area contributed by atoms with E-state index in [1.807, 2.05) is 0 Å². The molecule has 1 aromatic carbocycles. The minimum Gasteiger partial charge on any atom is -0.481 e. The first-order valence-corrected chi connectivity index (χ1v) is 10.6. The Morgan fingerprint density at radius 2 is 2.06 bits per heavy atom. The number of pyridine rings is 1. The smallest absolute Gasteiger partial charge is 0.471 e. The molecule has 2 aromatic heterocycles. The first kappa shape index (κ1) is 23.5. The Kier molecular flexibility index (Phi) is 6.70. The third-order valence-electron chi connectivity index (χ3n) is 4.37. The van der Waals surface area contributed by atoms with Crippen LogP contribution in [0, 0.1) is 19.7 Å². The molecule has 3 aromatic rings. The Morgan fingerprint density at radius 3 is 2.69 bits per heavy atom. The van der Waals surface area contributed by atoms with E-state index < -0.39 is 32.1 Å². The van der Waals surface area contributed by atoms with E-state index in [4.69, 9.17) is 14.5 Å². The van der Waals surface area contributed by atoms with Crippen molar-refractivity contribution in [3.63, 3.8) is 0 Å².